The molecule has 0 spiro atoms. The number of carbonyl (C=O) groups excluding carboxylic acids is 3. The normalized spacial score (nSPS) is 17.0. The first kappa shape index (κ1) is 14.0. The predicted molar refractivity (Wildman–Crippen MR) is 76.0 cm³/mol. The van der Waals surface area contributed by atoms with Crippen LogP contribution in [-0.4, -0.2) is 47.4 Å². The first-order valence-corrected chi connectivity index (χ1v) is 7.77. The van der Waals surface area contributed by atoms with Gasteiger partial charge in [-0.05, 0) is 19.3 Å². The third kappa shape index (κ3) is 3.05. The predicted octanol–water partition coefficient (Wildman–Crippen LogP) is -0.158. The molecule has 2 heterocycles. The first-order valence-electron chi connectivity index (χ1n) is 6.96. The third-order valence-electron chi connectivity index (χ3n) is 3.54. The maximum absolute atomic E-state index is 11.7. The Morgan fingerprint density at radius 2 is 2.24 bits per heavy atom. The quantitative estimate of drug-likeness (QED) is 0.740. The van der Waals surface area contributed by atoms with E-state index < -0.39 is 6.03 Å². The van der Waals surface area contributed by atoms with Gasteiger partial charge in [0.15, 0.2) is 0 Å². The maximum Gasteiger partial charge on any atom is 0.325 e. The van der Waals surface area contributed by atoms with Gasteiger partial charge in [0, 0.05) is 17.8 Å². The maximum atomic E-state index is 11.7. The van der Waals surface area contributed by atoms with Crippen molar-refractivity contribution in [2.24, 2.45) is 0 Å². The van der Waals surface area contributed by atoms with E-state index in [0.717, 1.165) is 22.7 Å². The first-order chi connectivity index (χ1) is 10.1. The number of urea groups is 1. The number of carbonyl (C=O) groups is 3. The zero-order chi connectivity index (χ0) is 14.8. The minimum atomic E-state index is -0.508. The largest absolute Gasteiger partial charge is 0.354 e. The van der Waals surface area contributed by atoms with Crippen LogP contribution >= 0.6 is 11.3 Å². The lowest BCUT2D eigenvalue weighted by Gasteiger charge is -2.11. The summed E-state index contributed by atoms with van der Waals surface area (Å²) in [4.78, 5) is 41.2. The molecule has 1 fully saturated rings. The third-order valence-corrected chi connectivity index (χ3v) is 4.76. The molecule has 7 nitrogen and oxygen atoms in total. The number of hydrogen-bond acceptors (Lipinski definition) is 5. The lowest BCUT2D eigenvalue weighted by molar-refractivity contribution is -0.130. The van der Waals surface area contributed by atoms with E-state index in [-0.39, 0.29) is 24.9 Å². The average molecular weight is 308 g/mol. The lowest BCUT2D eigenvalue weighted by atomic mass is 10.3. The molecule has 0 bridgehead atoms. The molecule has 0 unspecified atom stereocenters. The van der Waals surface area contributed by atoms with Crippen LogP contribution in [-0.2, 0) is 28.9 Å². The van der Waals surface area contributed by atoms with Crippen LogP contribution in [0.25, 0.3) is 0 Å². The molecule has 1 aliphatic heterocycles. The number of rotatable bonds is 5. The van der Waals surface area contributed by atoms with Gasteiger partial charge in [-0.2, -0.15) is 0 Å². The Balaban J connectivity index is 1.43. The minimum Gasteiger partial charge on any atom is -0.354 e. The number of thiazole rings is 1. The van der Waals surface area contributed by atoms with Gasteiger partial charge in [0.05, 0.1) is 17.2 Å². The van der Waals surface area contributed by atoms with E-state index >= 15 is 0 Å². The van der Waals surface area contributed by atoms with Gasteiger partial charge in [0.2, 0.25) is 5.91 Å². The van der Waals surface area contributed by atoms with Crippen LogP contribution in [0.15, 0.2) is 0 Å². The molecule has 1 aliphatic carbocycles. The molecular weight excluding hydrogens is 292 g/mol. The molecule has 4 amide bonds. The number of nitrogens with zero attached hydrogens (tertiary/aromatic N) is 2. The van der Waals surface area contributed by atoms with Gasteiger partial charge in [-0.1, -0.05) is 0 Å². The molecule has 0 atom stereocenters. The highest BCUT2D eigenvalue weighted by molar-refractivity contribution is 7.11. The van der Waals surface area contributed by atoms with E-state index in [1.807, 2.05) is 0 Å². The van der Waals surface area contributed by atoms with E-state index in [1.165, 1.54) is 17.0 Å². The number of amides is 4. The molecule has 2 aliphatic rings. The molecule has 0 aromatic carbocycles. The summed E-state index contributed by atoms with van der Waals surface area (Å²) < 4.78 is 0. The van der Waals surface area contributed by atoms with Crippen molar-refractivity contribution in [1.82, 2.24) is 20.5 Å². The SMILES string of the molecule is O=C(CN1C(=O)CNC1=O)NCCc1nc2c(s1)CCC2. The smallest absolute Gasteiger partial charge is 0.325 e. The topological polar surface area (TPSA) is 91.4 Å². The van der Waals surface area contributed by atoms with E-state index in [0.29, 0.717) is 13.0 Å². The van der Waals surface area contributed by atoms with Crippen LogP contribution < -0.4 is 10.6 Å². The van der Waals surface area contributed by atoms with Crippen LogP contribution in [0.3, 0.4) is 0 Å². The Hall–Kier alpha value is -1.96. The molecule has 21 heavy (non-hydrogen) atoms. The minimum absolute atomic E-state index is 0.0310. The fourth-order valence-corrected chi connectivity index (χ4v) is 3.63. The average Bonchev–Trinajstić information content (AvgIpc) is 3.09. The van der Waals surface area contributed by atoms with Gasteiger partial charge in [-0.15, -0.1) is 11.3 Å². The monoisotopic (exact) mass is 308 g/mol. The molecule has 8 heteroatoms. The summed E-state index contributed by atoms with van der Waals surface area (Å²) in [5.41, 5.74) is 1.21. The van der Waals surface area contributed by atoms with Crippen molar-refractivity contribution < 1.29 is 14.4 Å². The summed E-state index contributed by atoms with van der Waals surface area (Å²) in [6.45, 7) is 0.213. The highest BCUT2D eigenvalue weighted by Crippen LogP contribution is 2.27. The van der Waals surface area contributed by atoms with E-state index in [1.54, 1.807) is 11.3 Å². The van der Waals surface area contributed by atoms with E-state index in [9.17, 15) is 14.4 Å². The number of nitrogens with one attached hydrogen (secondary N) is 2. The van der Waals surface area contributed by atoms with Gasteiger partial charge in [0.25, 0.3) is 5.91 Å². The zero-order valence-corrected chi connectivity index (χ0v) is 12.3. The number of fused-ring (bicyclic) bond motifs is 1. The fourth-order valence-electron chi connectivity index (χ4n) is 2.47. The summed E-state index contributed by atoms with van der Waals surface area (Å²) in [7, 11) is 0. The molecule has 1 aromatic rings. The summed E-state index contributed by atoms with van der Waals surface area (Å²) in [6, 6.07) is -0.508. The van der Waals surface area contributed by atoms with Crippen LogP contribution in [0.4, 0.5) is 4.79 Å². The van der Waals surface area contributed by atoms with Crippen LogP contribution in [0, 0.1) is 0 Å². The number of aromatic nitrogens is 1. The van der Waals surface area contributed by atoms with E-state index in [2.05, 4.69) is 15.6 Å². The zero-order valence-electron chi connectivity index (χ0n) is 11.5. The summed E-state index contributed by atoms with van der Waals surface area (Å²) in [6.07, 6.45) is 4.05. The Labute approximate surface area is 125 Å². The van der Waals surface area contributed by atoms with Gasteiger partial charge >= 0.3 is 6.03 Å². The molecule has 112 valence electrons. The highest BCUT2D eigenvalue weighted by atomic mass is 32.1. The molecule has 0 radical (unpaired) electrons. The van der Waals surface area contributed by atoms with Crippen molar-refractivity contribution in [1.29, 1.82) is 0 Å². The van der Waals surface area contributed by atoms with Crippen molar-refractivity contribution in [3.05, 3.63) is 15.6 Å². The van der Waals surface area contributed by atoms with E-state index in [4.69, 9.17) is 0 Å². The second-order valence-electron chi connectivity index (χ2n) is 5.07. The highest BCUT2D eigenvalue weighted by Gasteiger charge is 2.29. The van der Waals surface area contributed by atoms with Crippen LogP contribution in [0.2, 0.25) is 0 Å². The molecule has 1 saturated heterocycles. The van der Waals surface area contributed by atoms with Crippen LogP contribution in [0.5, 0.6) is 0 Å². The van der Waals surface area contributed by atoms with Crippen molar-refractivity contribution in [2.45, 2.75) is 25.7 Å². The standard InChI is InChI=1S/C13H16N4O3S/c18-10(7-17-12(19)6-15-13(17)20)14-5-4-11-16-8-2-1-3-9(8)21-11/h1-7H2,(H,14,18)(H,15,20). The second-order valence-corrected chi connectivity index (χ2v) is 6.24. The molecule has 3 rings (SSSR count). The Bertz CT molecular complexity index is 561. The van der Waals surface area contributed by atoms with Crippen molar-refractivity contribution in [3.63, 3.8) is 0 Å². The lowest BCUT2D eigenvalue weighted by Crippen LogP contribution is -2.41. The van der Waals surface area contributed by atoms with Gasteiger partial charge in [0.1, 0.15) is 6.54 Å². The van der Waals surface area contributed by atoms with Crippen LogP contribution in [0.1, 0.15) is 22.0 Å². The number of imide groups is 1. The number of hydrogen-bond donors (Lipinski definition) is 2. The Morgan fingerprint density at radius 3 is 2.95 bits per heavy atom. The molecule has 1 aromatic heterocycles. The van der Waals surface area contributed by atoms with Gasteiger partial charge in [-0.3, -0.25) is 14.5 Å². The summed E-state index contributed by atoms with van der Waals surface area (Å²) in [5.74, 6) is -0.698. The van der Waals surface area contributed by atoms with Crippen molar-refractivity contribution in [3.8, 4) is 0 Å². The molecule has 0 saturated carbocycles. The Morgan fingerprint density at radius 1 is 1.38 bits per heavy atom. The van der Waals surface area contributed by atoms with Gasteiger partial charge in [-0.25, -0.2) is 9.78 Å². The molecule has 2 N–H and O–H groups in total. The van der Waals surface area contributed by atoms with Crippen molar-refractivity contribution in [2.75, 3.05) is 19.6 Å². The molecular formula is C13H16N4O3S. The van der Waals surface area contributed by atoms with Gasteiger partial charge < -0.3 is 10.6 Å². The Kier molecular flexibility index (Phi) is 3.87. The summed E-state index contributed by atoms with van der Waals surface area (Å²) in [5, 5.41) is 6.13. The second kappa shape index (κ2) is 5.80. The van der Waals surface area contributed by atoms with Crippen molar-refractivity contribution >= 4 is 29.2 Å². The summed E-state index contributed by atoms with van der Waals surface area (Å²) >= 11 is 1.72. The fraction of sp³-hybridized carbons (Fsp3) is 0.538. The number of aryl methyl sites for hydroxylation is 2.